The van der Waals surface area contributed by atoms with Gasteiger partial charge in [0.25, 0.3) is 0 Å². The van der Waals surface area contributed by atoms with Gasteiger partial charge in [-0.2, -0.15) is 4.72 Å². The molecule has 148 valence electrons. The van der Waals surface area contributed by atoms with E-state index in [9.17, 15) is 18.3 Å². The highest BCUT2D eigenvalue weighted by atomic mass is 32.2. The fourth-order valence-electron chi connectivity index (χ4n) is 2.20. The van der Waals surface area contributed by atoms with Crippen LogP contribution in [0.15, 0.2) is 53.4 Å². The second kappa shape index (κ2) is 9.51. The molecule has 0 fully saturated rings. The number of aliphatic carboxylic acids is 1. The summed E-state index contributed by atoms with van der Waals surface area (Å²) in [5.41, 5.74) is 2.65. The van der Waals surface area contributed by atoms with E-state index in [0.717, 1.165) is 11.1 Å². The summed E-state index contributed by atoms with van der Waals surface area (Å²) in [4.78, 5) is 11.3. The first-order valence-corrected chi connectivity index (χ1v) is 10.2. The molecule has 2 aromatic carbocycles. The molecule has 0 spiro atoms. The average Bonchev–Trinajstić information content (AvgIpc) is 2.64. The Labute approximate surface area is 165 Å². The van der Waals surface area contributed by atoms with Crippen LogP contribution >= 0.6 is 0 Å². The summed E-state index contributed by atoms with van der Waals surface area (Å²) in [6.45, 7) is 5.22. The van der Waals surface area contributed by atoms with Crippen molar-refractivity contribution in [2.45, 2.75) is 37.8 Å². The van der Waals surface area contributed by atoms with Crippen LogP contribution in [0.3, 0.4) is 0 Å². The first-order valence-electron chi connectivity index (χ1n) is 8.73. The molecular weight excluding hydrogens is 378 g/mol. The number of sulfonamides is 1. The van der Waals surface area contributed by atoms with Gasteiger partial charge in [-0.15, -0.1) is 0 Å². The number of hydrogen-bond acceptors (Lipinski definition) is 4. The third-order valence-electron chi connectivity index (χ3n) is 3.76. The molecule has 1 atom stereocenters. The molecular formula is C21H23NO5S. The van der Waals surface area contributed by atoms with Gasteiger partial charge in [0.05, 0.1) is 17.6 Å². The minimum absolute atomic E-state index is 0.0378. The van der Waals surface area contributed by atoms with Crippen LogP contribution in [0.25, 0.3) is 0 Å². The molecule has 7 heteroatoms. The summed E-state index contributed by atoms with van der Waals surface area (Å²) in [7, 11) is -4.00. The summed E-state index contributed by atoms with van der Waals surface area (Å²) in [5.74, 6) is 4.68. The smallest absolute Gasteiger partial charge is 0.324 e. The number of rotatable bonds is 7. The van der Waals surface area contributed by atoms with Gasteiger partial charge in [0.1, 0.15) is 6.04 Å². The van der Waals surface area contributed by atoms with Crippen molar-refractivity contribution in [1.82, 2.24) is 4.72 Å². The molecule has 0 saturated heterocycles. The number of ether oxygens (including phenoxy) is 1. The summed E-state index contributed by atoms with van der Waals surface area (Å²) in [5, 5.41) is 9.21. The fraction of sp³-hybridized carbons (Fsp3) is 0.286. The topological polar surface area (TPSA) is 92.7 Å². The van der Waals surface area contributed by atoms with Crippen molar-refractivity contribution < 1.29 is 23.1 Å². The third-order valence-corrected chi connectivity index (χ3v) is 5.25. The molecule has 2 rings (SSSR count). The zero-order valence-corrected chi connectivity index (χ0v) is 16.8. The quantitative estimate of drug-likeness (QED) is 0.696. The molecule has 6 nitrogen and oxygen atoms in total. The Morgan fingerprint density at radius 2 is 1.54 bits per heavy atom. The Hall–Kier alpha value is -2.66. The van der Waals surface area contributed by atoms with E-state index in [1.165, 1.54) is 12.1 Å². The maximum atomic E-state index is 12.4. The normalized spacial score (nSPS) is 12.3. The van der Waals surface area contributed by atoms with Crippen molar-refractivity contribution in [3.63, 3.8) is 0 Å². The lowest BCUT2D eigenvalue weighted by molar-refractivity contribution is -0.140. The molecule has 0 radical (unpaired) electrons. The SMILES string of the molecule is Cc1ccc(C#Cc2ccc(S(=O)(=O)N[C@H](COC(C)C)C(=O)O)cc2)cc1. The first kappa shape index (κ1) is 21.6. The Bertz CT molecular complexity index is 968. The predicted molar refractivity (Wildman–Crippen MR) is 106 cm³/mol. The molecule has 0 saturated carbocycles. The summed E-state index contributed by atoms with van der Waals surface area (Å²) in [6, 6.07) is 12.3. The van der Waals surface area contributed by atoms with Gasteiger partial charge >= 0.3 is 5.97 Å². The number of benzene rings is 2. The predicted octanol–water partition coefficient (Wildman–Crippen LogP) is 2.55. The molecule has 0 aliphatic heterocycles. The minimum atomic E-state index is -4.00. The Kier molecular flexibility index (Phi) is 7.35. The fourth-order valence-corrected chi connectivity index (χ4v) is 3.37. The number of nitrogens with one attached hydrogen (secondary N) is 1. The third kappa shape index (κ3) is 6.50. The van der Waals surface area contributed by atoms with Crippen LogP contribution in [0.5, 0.6) is 0 Å². The van der Waals surface area contributed by atoms with Crippen molar-refractivity contribution in [3.8, 4) is 11.8 Å². The molecule has 28 heavy (non-hydrogen) atoms. The standard InChI is InChI=1S/C21H23NO5S/c1-15(2)27-14-20(21(23)24)22-28(25,26)19-12-10-18(11-13-19)9-8-17-6-4-16(3)5-7-17/h4-7,10-13,15,20,22H,14H2,1-3H3,(H,23,24)/t20-/m1/s1. The molecule has 0 bridgehead atoms. The average molecular weight is 401 g/mol. The molecule has 2 aromatic rings. The lowest BCUT2D eigenvalue weighted by atomic mass is 10.1. The van der Waals surface area contributed by atoms with Crippen molar-refractivity contribution >= 4 is 16.0 Å². The summed E-state index contributed by atoms with van der Waals surface area (Å²) in [6.07, 6.45) is -0.210. The largest absolute Gasteiger partial charge is 0.480 e. The van der Waals surface area contributed by atoms with E-state index in [1.807, 2.05) is 31.2 Å². The van der Waals surface area contributed by atoms with E-state index in [4.69, 9.17) is 4.74 Å². The van der Waals surface area contributed by atoms with E-state index in [-0.39, 0.29) is 17.6 Å². The van der Waals surface area contributed by atoms with E-state index in [0.29, 0.717) is 5.56 Å². The van der Waals surface area contributed by atoms with Gasteiger partial charge in [-0.3, -0.25) is 4.79 Å². The molecule has 0 aromatic heterocycles. The van der Waals surface area contributed by atoms with E-state index < -0.39 is 22.0 Å². The van der Waals surface area contributed by atoms with Crippen LogP contribution in [0.1, 0.15) is 30.5 Å². The zero-order chi connectivity index (χ0) is 20.7. The van der Waals surface area contributed by atoms with E-state index in [2.05, 4.69) is 16.6 Å². The second-order valence-electron chi connectivity index (χ2n) is 6.53. The molecule has 0 aliphatic carbocycles. The Balaban J connectivity index is 2.12. The highest BCUT2D eigenvalue weighted by molar-refractivity contribution is 7.89. The number of aryl methyl sites for hydroxylation is 1. The maximum Gasteiger partial charge on any atom is 0.324 e. The van der Waals surface area contributed by atoms with E-state index in [1.54, 1.807) is 26.0 Å². The van der Waals surface area contributed by atoms with Crippen LogP contribution in [0.4, 0.5) is 0 Å². The van der Waals surface area contributed by atoms with Gasteiger partial charge < -0.3 is 9.84 Å². The van der Waals surface area contributed by atoms with Crippen molar-refractivity contribution in [3.05, 3.63) is 65.2 Å². The van der Waals surface area contributed by atoms with Gasteiger partial charge in [0.2, 0.25) is 10.0 Å². The summed E-state index contributed by atoms with van der Waals surface area (Å²) < 4.78 is 32.3. The summed E-state index contributed by atoms with van der Waals surface area (Å²) >= 11 is 0. The van der Waals surface area contributed by atoms with Crippen LogP contribution < -0.4 is 4.72 Å². The van der Waals surface area contributed by atoms with Crippen molar-refractivity contribution in [2.75, 3.05) is 6.61 Å². The Morgan fingerprint density at radius 1 is 1.04 bits per heavy atom. The van der Waals surface area contributed by atoms with Gasteiger partial charge in [-0.25, -0.2) is 8.42 Å². The first-order chi connectivity index (χ1) is 13.2. The highest BCUT2D eigenvalue weighted by Crippen LogP contribution is 2.11. The maximum absolute atomic E-state index is 12.4. The number of carbonyl (C=O) groups is 1. The number of carboxylic acids is 1. The zero-order valence-electron chi connectivity index (χ0n) is 16.0. The monoisotopic (exact) mass is 401 g/mol. The molecule has 0 amide bonds. The molecule has 2 N–H and O–H groups in total. The van der Waals surface area contributed by atoms with Gasteiger partial charge in [0, 0.05) is 11.1 Å². The molecule has 0 heterocycles. The lowest BCUT2D eigenvalue weighted by Crippen LogP contribution is -2.44. The van der Waals surface area contributed by atoms with Crippen molar-refractivity contribution in [1.29, 1.82) is 0 Å². The van der Waals surface area contributed by atoms with Gasteiger partial charge in [0.15, 0.2) is 0 Å². The van der Waals surface area contributed by atoms with Crippen molar-refractivity contribution in [2.24, 2.45) is 0 Å². The minimum Gasteiger partial charge on any atom is -0.480 e. The second-order valence-corrected chi connectivity index (χ2v) is 8.25. The lowest BCUT2D eigenvalue weighted by Gasteiger charge is -2.16. The van der Waals surface area contributed by atoms with Crippen LogP contribution in [0, 0.1) is 18.8 Å². The highest BCUT2D eigenvalue weighted by Gasteiger charge is 2.25. The van der Waals surface area contributed by atoms with Gasteiger partial charge in [-0.05, 0) is 57.2 Å². The van der Waals surface area contributed by atoms with Crippen LogP contribution in [-0.4, -0.2) is 38.2 Å². The molecule has 0 unspecified atom stereocenters. The van der Waals surface area contributed by atoms with Crippen LogP contribution in [-0.2, 0) is 19.6 Å². The van der Waals surface area contributed by atoms with E-state index >= 15 is 0 Å². The Morgan fingerprint density at radius 3 is 2.00 bits per heavy atom. The number of hydrogen-bond donors (Lipinski definition) is 2. The molecule has 0 aliphatic rings. The number of carboxylic acid groups (broad SMARTS) is 1. The van der Waals surface area contributed by atoms with Gasteiger partial charge in [-0.1, -0.05) is 29.5 Å². The van der Waals surface area contributed by atoms with Crippen LogP contribution in [0.2, 0.25) is 0 Å².